The predicted octanol–water partition coefficient (Wildman–Crippen LogP) is 3.79. The normalized spacial score (nSPS) is 16.8. The van der Waals surface area contributed by atoms with E-state index in [4.69, 9.17) is 0 Å². The van der Waals surface area contributed by atoms with Crippen molar-refractivity contribution in [3.63, 3.8) is 0 Å². The van der Waals surface area contributed by atoms with Crippen LogP contribution in [0.4, 0.5) is 11.4 Å². The molecule has 0 spiro atoms. The maximum atomic E-state index is 11.0. The van der Waals surface area contributed by atoms with Crippen molar-refractivity contribution in [3.05, 3.63) is 69.8 Å². The van der Waals surface area contributed by atoms with Gasteiger partial charge in [-0.25, -0.2) is 0 Å². The number of rotatable bonds is 4. The summed E-state index contributed by atoms with van der Waals surface area (Å²) in [4.78, 5) is 15.5. The van der Waals surface area contributed by atoms with Crippen LogP contribution in [0.3, 0.4) is 0 Å². The molecular weight excluding hydrogens is 302 g/mol. The van der Waals surface area contributed by atoms with Crippen LogP contribution in [0.25, 0.3) is 0 Å². The van der Waals surface area contributed by atoms with E-state index in [-0.39, 0.29) is 16.7 Å². The molecular formula is C19H23N3O2. The summed E-state index contributed by atoms with van der Waals surface area (Å²) in [6.07, 6.45) is 0. The molecule has 5 heteroatoms. The second-order valence-corrected chi connectivity index (χ2v) is 6.34. The van der Waals surface area contributed by atoms with Crippen LogP contribution in [0.2, 0.25) is 0 Å². The molecule has 2 aromatic rings. The van der Waals surface area contributed by atoms with E-state index in [0.29, 0.717) is 0 Å². The Morgan fingerprint density at radius 2 is 1.75 bits per heavy atom. The second-order valence-electron chi connectivity index (χ2n) is 6.34. The van der Waals surface area contributed by atoms with Crippen LogP contribution >= 0.6 is 0 Å². The molecule has 0 saturated carbocycles. The Morgan fingerprint density at radius 1 is 1.04 bits per heavy atom. The smallest absolute Gasteiger partial charge is 0.269 e. The maximum Gasteiger partial charge on any atom is 0.269 e. The number of nitrogens with zero attached hydrogens (tertiary/aromatic N) is 3. The Bertz CT molecular complexity index is 724. The molecule has 126 valence electrons. The van der Waals surface area contributed by atoms with Gasteiger partial charge in [-0.3, -0.25) is 15.0 Å². The molecule has 2 aromatic carbocycles. The van der Waals surface area contributed by atoms with Gasteiger partial charge in [-0.15, -0.1) is 0 Å². The van der Waals surface area contributed by atoms with Crippen molar-refractivity contribution in [2.24, 2.45) is 0 Å². The molecule has 0 radical (unpaired) electrons. The molecule has 1 aliphatic heterocycles. The highest BCUT2D eigenvalue weighted by Gasteiger charge is 2.23. The van der Waals surface area contributed by atoms with E-state index in [1.165, 1.54) is 11.3 Å². The molecule has 5 nitrogen and oxygen atoms in total. The van der Waals surface area contributed by atoms with Crippen molar-refractivity contribution in [1.82, 2.24) is 4.90 Å². The Kier molecular flexibility index (Phi) is 4.81. The summed E-state index contributed by atoms with van der Waals surface area (Å²) in [6, 6.07) is 15.6. The third-order valence-electron chi connectivity index (χ3n) is 4.88. The zero-order valence-corrected chi connectivity index (χ0v) is 14.2. The van der Waals surface area contributed by atoms with Gasteiger partial charge in [-0.2, -0.15) is 0 Å². The van der Waals surface area contributed by atoms with Crippen LogP contribution in [-0.2, 0) is 0 Å². The largest absolute Gasteiger partial charge is 0.369 e. The summed E-state index contributed by atoms with van der Waals surface area (Å²) in [5.41, 5.74) is 3.78. The molecule has 0 aliphatic carbocycles. The first kappa shape index (κ1) is 16.5. The van der Waals surface area contributed by atoms with Gasteiger partial charge in [0.25, 0.3) is 5.69 Å². The van der Waals surface area contributed by atoms with E-state index >= 15 is 0 Å². The first-order chi connectivity index (χ1) is 11.6. The fourth-order valence-corrected chi connectivity index (χ4v) is 3.38. The van der Waals surface area contributed by atoms with Gasteiger partial charge in [0.2, 0.25) is 0 Å². The number of piperazine rings is 1. The van der Waals surface area contributed by atoms with E-state index in [0.717, 1.165) is 31.7 Å². The van der Waals surface area contributed by atoms with Gasteiger partial charge < -0.3 is 4.90 Å². The van der Waals surface area contributed by atoms with Crippen molar-refractivity contribution in [2.45, 2.75) is 19.9 Å². The van der Waals surface area contributed by atoms with Gasteiger partial charge >= 0.3 is 0 Å². The van der Waals surface area contributed by atoms with Crippen LogP contribution in [0.1, 0.15) is 24.1 Å². The number of non-ortho nitro benzene ring substituents is 1. The summed E-state index contributed by atoms with van der Waals surface area (Å²) in [5, 5.41) is 11.0. The highest BCUT2D eigenvalue weighted by atomic mass is 16.6. The standard InChI is InChI=1S/C19H23N3O2/c1-15-6-3-4-9-19(15)21-12-10-20(11-13-21)16(2)17-7-5-8-18(14-17)22(23)24/h3-9,14,16H,10-13H2,1-2H3. The van der Waals surface area contributed by atoms with Gasteiger partial charge in [0.15, 0.2) is 0 Å². The topological polar surface area (TPSA) is 49.6 Å². The number of hydrogen-bond acceptors (Lipinski definition) is 4. The van der Waals surface area contributed by atoms with Crippen LogP contribution < -0.4 is 4.90 Å². The minimum atomic E-state index is -0.327. The lowest BCUT2D eigenvalue weighted by Gasteiger charge is -2.39. The molecule has 1 aliphatic rings. The Labute approximate surface area is 142 Å². The molecule has 1 heterocycles. The third-order valence-corrected chi connectivity index (χ3v) is 4.88. The van der Waals surface area contributed by atoms with Gasteiger partial charge in [0, 0.05) is 50.0 Å². The molecule has 0 aromatic heterocycles. The first-order valence-electron chi connectivity index (χ1n) is 8.35. The van der Waals surface area contributed by atoms with Crippen molar-refractivity contribution in [2.75, 3.05) is 31.1 Å². The van der Waals surface area contributed by atoms with Crippen LogP contribution in [-0.4, -0.2) is 36.0 Å². The van der Waals surface area contributed by atoms with Crippen LogP contribution in [0.15, 0.2) is 48.5 Å². The number of hydrogen-bond donors (Lipinski definition) is 0. The maximum absolute atomic E-state index is 11.0. The van der Waals surface area contributed by atoms with E-state index in [2.05, 4.69) is 47.9 Å². The molecule has 0 N–H and O–H groups in total. The minimum absolute atomic E-state index is 0.165. The number of nitro groups is 1. The summed E-state index contributed by atoms with van der Waals surface area (Å²) in [5.74, 6) is 0. The van der Waals surface area contributed by atoms with E-state index < -0.39 is 0 Å². The van der Waals surface area contributed by atoms with Crippen LogP contribution in [0, 0.1) is 17.0 Å². The molecule has 0 amide bonds. The monoisotopic (exact) mass is 325 g/mol. The Balaban J connectivity index is 1.67. The Morgan fingerprint density at radius 3 is 2.42 bits per heavy atom. The number of para-hydroxylation sites is 1. The molecule has 1 unspecified atom stereocenters. The molecule has 24 heavy (non-hydrogen) atoms. The number of anilines is 1. The zero-order valence-electron chi connectivity index (χ0n) is 14.2. The van der Waals surface area contributed by atoms with Gasteiger partial charge in [-0.1, -0.05) is 30.3 Å². The fourth-order valence-electron chi connectivity index (χ4n) is 3.38. The predicted molar refractivity (Wildman–Crippen MR) is 96.5 cm³/mol. The van der Waals surface area contributed by atoms with Gasteiger partial charge in [-0.05, 0) is 31.0 Å². The number of benzene rings is 2. The fraction of sp³-hybridized carbons (Fsp3) is 0.368. The molecule has 1 saturated heterocycles. The van der Waals surface area contributed by atoms with Crippen molar-refractivity contribution < 1.29 is 4.92 Å². The number of nitro benzene ring substituents is 1. The first-order valence-corrected chi connectivity index (χ1v) is 8.35. The van der Waals surface area contributed by atoms with E-state index in [1.54, 1.807) is 18.2 Å². The van der Waals surface area contributed by atoms with E-state index in [1.807, 2.05) is 6.07 Å². The van der Waals surface area contributed by atoms with Crippen molar-refractivity contribution in [1.29, 1.82) is 0 Å². The summed E-state index contributed by atoms with van der Waals surface area (Å²) in [6.45, 7) is 8.14. The lowest BCUT2D eigenvalue weighted by atomic mass is 10.0. The second kappa shape index (κ2) is 7.01. The highest BCUT2D eigenvalue weighted by molar-refractivity contribution is 5.53. The summed E-state index contributed by atoms with van der Waals surface area (Å²) in [7, 11) is 0. The molecule has 3 rings (SSSR count). The molecule has 0 bridgehead atoms. The lowest BCUT2D eigenvalue weighted by Crippen LogP contribution is -2.47. The quantitative estimate of drug-likeness (QED) is 0.634. The minimum Gasteiger partial charge on any atom is -0.369 e. The highest BCUT2D eigenvalue weighted by Crippen LogP contribution is 2.27. The lowest BCUT2D eigenvalue weighted by molar-refractivity contribution is -0.384. The third kappa shape index (κ3) is 3.41. The van der Waals surface area contributed by atoms with Crippen LogP contribution in [0.5, 0.6) is 0 Å². The Hall–Kier alpha value is -2.40. The van der Waals surface area contributed by atoms with Gasteiger partial charge in [0.05, 0.1) is 4.92 Å². The molecule has 1 fully saturated rings. The van der Waals surface area contributed by atoms with Crippen molar-refractivity contribution >= 4 is 11.4 Å². The summed E-state index contributed by atoms with van der Waals surface area (Å²) < 4.78 is 0. The summed E-state index contributed by atoms with van der Waals surface area (Å²) >= 11 is 0. The SMILES string of the molecule is Cc1ccccc1N1CCN(C(C)c2cccc([N+](=O)[O-])c2)CC1. The van der Waals surface area contributed by atoms with E-state index in [9.17, 15) is 10.1 Å². The van der Waals surface area contributed by atoms with Crippen molar-refractivity contribution in [3.8, 4) is 0 Å². The number of aryl methyl sites for hydroxylation is 1. The average Bonchev–Trinajstić information content (AvgIpc) is 2.62. The molecule has 1 atom stereocenters. The average molecular weight is 325 g/mol. The van der Waals surface area contributed by atoms with Gasteiger partial charge in [0.1, 0.15) is 0 Å². The zero-order chi connectivity index (χ0) is 17.1.